The lowest BCUT2D eigenvalue weighted by Crippen LogP contribution is -2.46. The number of nitrogens with zero attached hydrogens (tertiary/aromatic N) is 3. The Hall–Kier alpha value is -0.870. The van der Waals surface area contributed by atoms with Gasteiger partial charge in [0.2, 0.25) is 10.0 Å². The molecule has 1 aliphatic rings. The van der Waals surface area contributed by atoms with E-state index in [9.17, 15) is 8.42 Å². The molecule has 0 saturated carbocycles. The van der Waals surface area contributed by atoms with Crippen molar-refractivity contribution >= 4 is 40.0 Å². The van der Waals surface area contributed by atoms with Crippen molar-refractivity contribution < 1.29 is 8.42 Å². The Labute approximate surface area is 175 Å². The molecule has 148 valence electrons. The highest BCUT2D eigenvalue weighted by atomic mass is 127. The molecule has 26 heavy (non-hydrogen) atoms. The molecule has 1 aromatic carbocycles. The van der Waals surface area contributed by atoms with Crippen LogP contribution in [0.5, 0.6) is 0 Å². The summed E-state index contributed by atoms with van der Waals surface area (Å²) in [7, 11) is -0.371. The molecule has 1 atom stereocenters. The van der Waals surface area contributed by atoms with Crippen molar-refractivity contribution in [3.8, 4) is 0 Å². The summed E-state index contributed by atoms with van der Waals surface area (Å²) in [6.45, 7) is 7.43. The van der Waals surface area contributed by atoms with Crippen LogP contribution in [0.2, 0.25) is 0 Å². The largest absolute Gasteiger partial charge is 0.357 e. The zero-order valence-electron chi connectivity index (χ0n) is 16.1. The zero-order valence-corrected chi connectivity index (χ0v) is 19.3. The minimum absolute atomic E-state index is 0. The number of aliphatic imine (C=N–C) groups is 1. The van der Waals surface area contributed by atoms with Gasteiger partial charge in [-0.2, -0.15) is 0 Å². The minimum atomic E-state index is -3.47. The molecule has 1 saturated heterocycles. The highest BCUT2D eigenvalue weighted by Crippen LogP contribution is 2.20. The first-order chi connectivity index (χ1) is 11.9. The van der Waals surface area contributed by atoms with Crippen LogP contribution in [-0.2, 0) is 16.6 Å². The molecule has 0 aliphatic carbocycles. The van der Waals surface area contributed by atoms with Crippen molar-refractivity contribution in [2.45, 2.75) is 38.1 Å². The monoisotopic (exact) mass is 494 g/mol. The Morgan fingerprint density at radius 1 is 1.35 bits per heavy atom. The van der Waals surface area contributed by atoms with Crippen LogP contribution in [0.25, 0.3) is 0 Å². The van der Waals surface area contributed by atoms with Crippen LogP contribution in [0.4, 0.5) is 0 Å². The quantitative estimate of drug-likeness (QED) is 0.389. The number of hydrogen-bond donors (Lipinski definition) is 1. The summed E-state index contributed by atoms with van der Waals surface area (Å²) in [4.78, 5) is 7.33. The lowest BCUT2D eigenvalue weighted by molar-refractivity contribution is 0.266. The molecule has 1 unspecified atom stereocenters. The van der Waals surface area contributed by atoms with E-state index in [4.69, 9.17) is 4.99 Å². The van der Waals surface area contributed by atoms with Crippen molar-refractivity contribution in [1.82, 2.24) is 14.5 Å². The first-order valence-electron chi connectivity index (χ1n) is 8.90. The van der Waals surface area contributed by atoms with Crippen LogP contribution in [0.1, 0.15) is 32.3 Å². The average molecular weight is 494 g/mol. The van der Waals surface area contributed by atoms with E-state index in [1.54, 1.807) is 26.2 Å². The van der Waals surface area contributed by atoms with Crippen LogP contribution in [0.15, 0.2) is 34.2 Å². The summed E-state index contributed by atoms with van der Waals surface area (Å²) in [5.41, 5.74) is 0.719. The van der Waals surface area contributed by atoms with E-state index in [-0.39, 0.29) is 24.0 Å². The third kappa shape index (κ3) is 5.82. The molecule has 1 heterocycles. The van der Waals surface area contributed by atoms with Crippen molar-refractivity contribution in [1.29, 1.82) is 0 Å². The Balaban J connectivity index is 0.00000338. The van der Waals surface area contributed by atoms with Gasteiger partial charge in [-0.1, -0.05) is 25.1 Å². The number of benzene rings is 1. The lowest BCUT2D eigenvalue weighted by atomic mass is 10.0. The predicted octanol–water partition coefficient (Wildman–Crippen LogP) is 2.75. The summed E-state index contributed by atoms with van der Waals surface area (Å²) >= 11 is 0. The summed E-state index contributed by atoms with van der Waals surface area (Å²) < 4.78 is 26.3. The van der Waals surface area contributed by atoms with Gasteiger partial charge in [0.25, 0.3) is 0 Å². The van der Waals surface area contributed by atoms with Gasteiger partial charge in [-0.15, -0.1) is 24.0 Å². The molecule has 0 aromatic heterocycles. The number of piperidine rings is 1. The number of rotatable bonds is 5. The van der Waals surface area contributed by atoms with Gasteiger partial charge in [0, 0.05) is 33.7 Å². The molecule has 8 heteroatoms. The molecule has 1 fully saturated rings. The Bertz CT molecular complexity index is 707. The molecule has 0 amide bonds. The zero-order chi connectivity index (χ0) is 18.4. The fourth-order valence-corrected chi connectivity index (χ4v) is 4.16. The van der Waals surface area contributed by atoms with E-state index >= 15 is 0 Å². The van der Waals surface area contributed by atoms with Gasteiger partial charge in [-0.05, 0) is 37.3 Å². The molecule has 0 radical (unpaired) electrons. The number of likely N-dealkylation sites (tertiary alicyclic amines) is 1. The standard InChI is InChI=1S/C18H30N4O2S.HI/c1-5-19-18(22-12-8-9-15(2)14-22)20-13-16-10-6-7-11-17(16)25(23,24)21(3)4;/h6-7,10-11,15H,5,8-9,12-14H2,1-4H3,(H,19,20);1H. The second kappa shape index (κ2) is 10.5. The third-order valence-electron chi connectivity index (χ3n) is 4.42. The molecule has 1 N–H and O–H groups in total. The highest BCUT2D eigenvalue weighted by molar-refractivity contribution is 14.0. The summed E-state index contributed by atoms with van der Waals surface area (Å²) in [5, 5.41) is 3.34. The van der Waals surface area contributed by atoms with E-state index < -0.39 is 10.0 Å². The maximum atomic E-state index is 12.5. The van der Waals surface area contributed by atoms with Gasteiger partial charge in [-0.25, -0.2) is 17.7 Å². The van der Waals surface area contributed by atoms with Gasteiger partial charge >= 0.3 is 0 Å². The van der Waals surface area contributed by atoms with Crippen molar-refractivity contribution in [2.24, 2.45) is 10.9 Å². The second-order valence-corrected chi connectivity index (χ2v) is 8.88. The SMILES string of the molecule is CCNC(=NCc1ccccc1S(=O)(=O)N(C)C)N1CCCC(C)C1.I. The molecule has 2 rings (SSSR count). The minimum Gasteiger partial charge on any atom is -0.357 e. The fraction of sp³-hybridized carbons (Fsp3) is 0.611. The van der Waals surface area contributed by atoms with E-state index in [0.717, 1.165) is 37.6 Å². The molecular formula is C18H31IN4O2S. The maximum absolute atomic E-state index is 12.5. The van der Waals surface area contributed by atoms with Crippen LogP contribution in [0, 0.1) is 5.92 Å². The van der Waals surface area contributed by atoms with Crippen molar-refractivity contribution in [2.75, 3.05) is 33.7 Å². The molecule has 6 nitrogen and oxygen atoms in total. The van der Waals surface area contributed by atoms with E-state index in [1.807, 2.05) is 19.1 Å². The number of guanidine groups is 1. The Kier molecular flexibility index (Phi) is 9.32. The fourth-order valence-electron chi connectivity index (χ4n) is 3.05. The number of hydrogen-bond acceptors (Lipinski definition) is 3. The highest BCUT2D eigenvalue weighted by Gasteiger charge is 2.22. The van der Waals surface area contributed by atoms with Gasteiger partial charge < -0.3 is 10.2 Å². The lowest BCUT2D eigenvalue weighted by Gasteiger charge is -2.33. The van der Waals surface area contributed by atoms with E-state index in [2.05, 4.69) is 17.1 Å². The second-order valence-electron chi connectivity index (χ2n) is 6.76. The predicted molar refractivity (Wildman–Crippen MR) is 118 cm³/mol. The normalized spacial score (nSPS) is 18.6. The summed E-state index contributed by atoms with van der Waals surface area (Å²) in [6, 6.07) is 7.09. The van der Waals surface area contributed by atoms with Gasteiger partial charge in [0.15, 0.2) is 5.96 Å². The van der Waals surface area contributed by atoms with E-state index in [0.29, 0.717) is 17.4 Å². The maximum Gasteiger partial charge on any atom is 0.242 e. The average Bonchev–Trinajstić information content (AvgIpc) is 2.58. The summed E-state index contributed by atoms with van der Waals surface area (Å²) in [6.07, 6.45) is 2.41. The van der Waals surface area contributed by atoms with Crippen LogP contribution in [0.3, 0.4) is 0 Å². The van der Waals surface area contributed by atoms with Crippen LogP contribution in [-0.4, -0.2) is 57.3 Å². The summed E-state index contributed by atoms with van der Waals surface area (Å²) in [5.74, 6) is 1.52. The van der Waals surface area contributed by atoms with Gasteiger partial charge in [0.1, 0.15) is 0 Å². The van der Waals surface area contributed by atoms with E-state index in [1.165, 1.54) is 10.7 Å². The van der Waals surface area contributed by atoms with Gasteiger partial charge in [0.05, 0.1) is 11.4 Å². The molecule has 0 bridgehead atoms. The number of nitrogens with one attached hydrogen (secondary N) is 1. The van der Waals surface area contributed by atoms with Crippen LogP contribution >= 0.6 is 24.0 Å². The first kappa shape index (κ1) is 23.2. The molecule has 0 spiro atoms. The Morgan fingerprint density at radius 3 is 2.65 bits per heavy atom. The smallest absolute Gasteiger partial charge is 0.242 e. The van der Waals surface area contributed by atoms with Crippen LogP contribution < -0.4 is 5.32 Å². The van der Waals surface area contributed by atoms with Gasteiger partial charge in [-0.3, -0.25) is 0 Å². The first-order valence-corrected chi connectivity index (χ1v) is 10.3. The molecule has 1 aliphatic heterocycles. The molecular weight excluding hydrogens is 463 g/mol. The van der Waals surface area contributed by atoms with Crippen molar-refractivity contribution in [3.05, 3.63) is 29.8 Å². The van der Waals surface area contributed by atoms with Crippen molar-refractivity contribution in [3.63, 3.8) is 0 Å². The molecule has 1 aromatic rings. The topological polar surface area (TPSA) is 65.0 Å². The number of halogens is 1. The third-order valence-corrected chi connectivity index (χ3v) is 6.34. The number of sulfonamides is 1. The Morgan fingerprint density at radius 2 is 2.04 bits per heavy atom.